The summed E-state index contributed by atoms with van der Waals surface area (Å²) in [5.74, 6) is 0.296. The van der Waals surface area contributed by atoms with E-state index >= 15 is 0 Å². The molecule has 1 heterocycles. The summed E-state index contributed by atoms with van der Waals surface area (Å²) >= 11 is 1.56. The van der Waals surface area contributed by atoms with Gasteiger partial charge in [0, 0.05) is 11.4 Å². The number of amides is 2. The number of imidazole rings is 1. The molecule has 0 aliphatic heterocycles. The minimum absolute atomic E-state index is 0.142. The van der Waals surface area contributed by atoms with Crippen LogP contribution in [0.3, 0.4) is 0 Å². The van der Waals surface area contributed by atoms with Crippen LogP contribution in [-0.4, -0.2) is 28.0 Å². The quantitative estimate of drug-likeness (QED) is 0.318. The lowest BCUT2D eigenvalue weighted by Crippen LogP contribution is -2.41. The first kappa shape index (κ1) is 22.4. The molecule has 1 aromatic heterocycles. The van der Waals surface area contributed by atoms with Crippen LogP contribution in [0.25, 0.3) is 11.0 Å². The Morgan fingerprint density at radius 2 is 1.73 bits per heavy atom. The predicted octanol–water partition coefficient (Wildman–Crippen LogP) is 5.11. The third-order valence-electron chi connectivity index (χ3n) is 4.95. The van der Waals surface area contributed by atoms with Gasteiger partial charge in [-0.25, -0.2) is 9.78 Å². The highest BCUT2D eigenvalue weighted by Crippen LogP contribution is 2.26. The van der Waals surface area contributed by atoms with E-state index in [0.717, 1.165) is 27.3 Å². The Morgan fingerprint density at radius 3 is 2.55 bits per heavy atom. The Bertz CT molecular complexity index is 1210. The van der Waals surface area contributed by atoms with E-state index in [9.17, 15) is 9.59 Å². The molecule has 0 unspecified atom stereocenters. The number of hydrogen-bond donors (Lipinski definition) is 3. The Labute approximate surface area is 196 Å². The van der Waals surface area contributed by atoms with Gasteiger partial charge in [-0.15, -0.1) is 0 Å². The second-order valence-electron chi connectivity index (χ2n) is 7.42. The van der Waals surface area contributed by atoms with E-state index in [2.05, 4.69) is 20.6 Å². The van der Waals surface area contributed by atoms with Gasteiger partial charge < -0.3 is 20.4 Å². The number of alkyl carbamates (subject to hydrolysis) is 1. The molecule has 0 saturated carbocycles. The third kappa shape index (κ3) is 6.14. The van der Waals surface area contributed by atoms with Crippen LogP contribution in [0.15, 0.2) is 84.0 Å². The number of nitrogens with zero attached hydrogens (tertiary/aromatic N) is 1. The Kier molecular flexibility index (Phi) is 7.26. The van der Waals surface area contributed by atoms with Crippen molar-refractivity contribution in [3.63, 3.8) is 0 Å². The molecule has 33 heavy (non-hydrogen) atoms. The molecule has 0 aliphatic carbocycles. The molecule has 168 valence electrons. The fraction of sp³-hybridized carbons (Fsp3) is 0.160. The van der Waals surface area contributed by atoms with Crippen LogP contribution in [-0.2, 0) is 21.9 Å². The molecule has 4 aromatic rings. The number of aromatic amines is 1. The number of carbonyl (C=O) groups excluding carboxylic acids is 2. The minimum Gasteiger partial charge on any atom is -0.445 e. The van der Waals surface area contributed by atoms with E-state index in [0.29, 0.717) is 11.4 Å². The van der Waals surface area contributed by atoms with Crippen molar-refractivity contribution in [3.8, 4) is 0 Å². The molecule has 8 heteroatoms. The monoisotopic (exact) mass is 460 g/mol. The van der Waals surface area contributed by atoms with Gasteiger partial charge in [0.25, 0.3) is 0 Å². The zero-order valence-corrected chi connectivity index (χ0v) is 18.9. The molecule has 0 radical (unpaired) electrons. The summed E-state index contributed by atoms with van der Waals surface area (Å²) in [4.78, 5) is 32.6. The van der Waals surface area contributed by atoms with Crippen molar-refractivity contribution in [1.29, 1.82) is 0 Å². The summed E-state index contributed by atoms with van der Waals surface area (Å²) in [5, 5.41) is 6.28. The van der Waals surface area contributed by atoms with Crippen LogP contribution < -0.4 is 10.6 Å². The maximum Gasteiger partial charge on any atom is 0.408 e. The zero-order chi connectivity index (χ0) is 23.0. The van der Waals surface area contributed by atoms with Crippen LogP contribution >= 0.6 is 11.8 Å². The van der Waals surface area contributed by atoms with E-state index in [4.69, 9.17) is 4.74 Å². The van der Waals surface area contributed by atoms with Crippen molar-refractivity contribution in [1.82, 2.24) is 15.3 Å². The summed E-state index contributed by atoms with van der Waals surface area (Å²) in [6, 6.07) is 24.0. The number of aromatic nitrogens is 2. The van der Waals surface area contributed by atoms with Gasteiger partial charge in [-0.2, -0.15) is 0 Å². The molecule has 7 nitrogen and oxygen atoms in total. The van der Waals surface area contributed by atoms with Crippen LogP contribution in [0.2, 0.25) is 0 Å². The van der Waals surface area contributed by atoms with E-state index in [1.165, 1.54) is 0 Å². The standard InChI is InChI=1S/C25H24N4O3S/c1-17(26-25(31)32-15-18-9-3-2-4-10-18)23(30)27-20-12-6-5-11-19(20)16-33-24-28-21-13-7-8-14-22(21)29-24/h2-14,17H,15-16H2,1H3,(H,26,31)(H,27,30)(H,28,29)/t17-/m0/s1. The molecule has 0 aliphatic rings. The highest BCUT2D eigenvalue weighted by atomic mass is 32.2. The van der Waals surface area contributed by atoms with Gasteiger partial charge in [-0.1, -0.05) is 72.4 Å². The number of carbonyl (C=O) groups is 2. The van der Waals surface area contributed by atoms with E-state index in [-0.39, 0.29) is 12.5 Å². The smallest absolute Gasteiger partial charge is 0.408 e. The van der Waals surface area contributed by atoms with Gasteiger partial charge in [0.05, 0.1) is 11.0 Å². The van der Waals surface area contributed by atoms with Crippen LogP contribution in [0, 0.1) is 0 Å². The number of benzene rings is 3. The minimum atomic E-state index is -0.760. The zero-order valence-electron chi connectivity index (χ0n) is 18.1. The van der Waals surface area contributed by atoms with E-state index in [1.807, 2.05) is 78.9 Å². The molecule has 0 spiro atoms. The number of hydrogen-bond acceptors (Lipinski definition) is 5. The normalized spacial score (nSPS) is 11.7. The second kappa shape index (κ2) is 10.7. The molecule has 0 fully saturated rings. The van der Waals surface area contributed by atoms with Crippen LogP contribution in [0.5, 0.6) is 0 Å². The van der Waals surface area contributed by atoms with Gasteiger partial charge in [0.1, 0.15) is 12.6 Å². The lowest BCUT2D eigenvalue weighted by atomic mass is 10.2. The van der Waals surface area contributed by atoms with Gasteiger partial charge in [-0.3, -0.25) is 4.79 Å². The lowest BCUT2D eigenvalue weighted by Gasteiger charge is -2.16. The lowest BCUT2D eigenvalue weighted by molar-refractivity contribution is -0.117. The number of para-hydroxylation sites is 3. The van der Waals surface area contributed by atoms with Crippen molar-refractivity contribution in [2.45, 2.75) is 30.5 Å². The Balaban J connectivity index is 1.31. The number of ether oxygens (including phenoxy) is 1. The van der Waals surface area contributed by atoms with Crippen molar-refractivity contribution in [2.75, 3.05) is 5.32 Å². The summed E-state index contributed by atoms with van der Waals surface area (Å²) < 4.78 is 5.19. The summed E-state index contributed by atoms with van der Waals surface area (Å²) in [6.45, 7) is 1.76. The van der Waals surface area contributed by atoms with Crippen LogP contribution in [0.1, 0.15) is 18.1 Å². The average molecular weight is 461 g/mol. The first-order valence-corrected chi connectivity index (χ1v) is 11.5. The van der Waals surface area contributed by atoms with Crippen molar-refractivity contribution in [3.05, 3.63) is 90.0 Å². The molecular weight excluding hydrogens is 436 g/mol. The topological polar surface area (TPSA) is 96.1 Å². The number of thioether (sulfide) groups is 1. The maximum absolute atomic E-state index is 12.7. The third-order valence-corrected chi connectivity index (χ3v) is 5.87. The van der Waals surface area contributed by atoms with E-state index < -0.39 is 12.1 Å². The fourth-order valence-electron chi connectivity index (χ4n) is 3.16. The van der Waals surface area contributed by atoms with Gasteiger partial charge in [0.15, 0.2) is 5.16 Å². The van der Waals surface area contributed by atoms with E-state index in [1.54, 1.807) is 18.7 Å². The largest absolute Gasteiger partial charge is 0.445 e. The molecule has 1 atom stereocenters. The van der Waals surface area contributed by atoms with Crippen molar-refractivity contribution < 1.29 is 14.3 Å². The summed E-state index contributed by atoms with van der Waals surface area (Å²) in [7, 11) is 0. The molecule has 3 N–H and O–H groups in total. The Hall–Kier alpha value is -3.78. The molecule has 2 amide bonds. The SMILES string of the molecule is C[C@H](NC(=O)OCc1ccccc1)C(=O)Nc1ccccc1CSc1nc2ccccc2[nH]1. The number of H-pyrrole nitrogens is 1. The summed E-state index contributed by atoms with van der Waals surface area (Å²) in [5.41, 5.74) is 4.43. The van der Waals surface area contributed by atoms with Crippen LogP contribution in [0.4, 0.5) is 10.5 Å². The maximum atomic E-state index is 12.7. The van der Waals surface area contributed by atoms with Gasteiger partial charge in [0.2, 0.25) is 5.91 Å². The molecule has 3 aromatic carbocycles. The van der Waals surface area contributed by atoms with Gasteiger partial charge in [-0.05, 0) is 36.2 Å². The highest BCUT2D eigenvalue weighted by Gasteiger charge is 2.18. The highest BCUT2D eigenvalue weighted by molar-refractivity contribution is 7.98. The molecule has 4 rings (SSSR count). The molecular formula is C25H24N4O3S. The number of anilines is 1. The number of nitrogens with one attached hydrogen (secondary N) is 3. The average Bonchev–Trinajstić information content (AvgIpc) is 3.26. The second-order valence-corrected chi connectivity index (χ2v) is 8.39. The predicted molar refractivity (Wildman–Crippen MR) is 130 cm³/mol. The first-order chi connectivity index (χ1) is 16.1. The van der Waals surface area contributed by atoms with Crippen molar-refractivity contribution in [2.24, 2.45) is 0 Å². The first-order valence-electron chi connectivity index (χ1n) is 10.5. The summed E-state index contributed by atoms with van der Waals surface area (Å²) in [6.07, 6.45) is -0.643. The number of rotatable bonds is 8. The molecule has 0 saturated heterocycles. The number of fused-ring (bicyclic) bond motifs is 1. The fourth-order valence-corrected chi connectivity index (χ4v) is 4.05. The van der Waals surface area contributed by atoms with Gasteiger partial charge >= 0.3 is 6.09 Å². The van der Waals surface area contributed by atoms with Crippen molar-refractivity contribution >= 4 is 40.5 Å². The Morgan fingerprint density at radius 1 is 1.00 bits per heavy atom. The molecule has 0 bridgehead atoms.